The van der Waals surface area contributed by atoms with Crippen molar-refractivity contribution < 1.29 is 23.0 Å². The minimum atomic E-state index is -0.942. The van der Waals surface area contributed by atoms with Crippen molar-refractivity contribution in [2.24, 2.45) is 10.9 Å². The molecule has 136 valence electrons. The van der Waals surface area contributed by atoms with Gasteiger partial charge in [0, 0.05) is 12.5 Å². The Morgan fingerprint density at radius 2 is 1.88 bits per heavy atom. The molecule has 1 heterocycles. The maximum atomic E-state index is 13.7. The van der Waals surface area contributed by atoms with Crippen molar-refractivity contribution in [2.45, 2.75) is 12.8 Å². The van der Waals surface area contributed by atoms with Gasteiger partial charge in [-0.15, -0.1) is 0 Å². The van der Waals surface area contributed by atoms with E-state index in [1.54, 1.807) is 26.2 Å². The largest absolute Gasteiger partial charge is 0.497 e. The van der Waals surface area contributed by atoms with Crippen LogP contribution in [0.5, 0.6) is 5.75 Å². The van der Waals surface area contributed by atoms with Crippen LogP contribution in [0.4, 0.5) is 8.78 Å². The minimum absolute atomic E-state index is 0.232. The minimum Gasteiger partial charge on any atom is -0.497 e. The van der Waals surface area contributed by atoms with Gasteiger partial charge in [-0.05, 0) is 54.4 Å². The van der Waals surface area contributed by atoms with Gasteiger partial charge in [-0.3, -0.25) is 9.79 Å². The van der Waals surface area contributed by atoms with Gasteiger partial charge in [0.25, 0.3) is 0 Å². The number of carbonyl (C=O) groups excluding carboxylic acids is 1. The van der Waals surface area contributed by atoms with Crippen molar-refractivity contribution in [3.05, 3.63) is 65.2 Å². The molecule has 2 unspecified atom stereocenters. The molecule has 0 saturated heterocycles. The summed E-state index contributed by atoms with van der Waals surface area (Å²) < 4.78 is 37.3. The van der Waals surface area contributed by atoms with Crippen molar-refractivity contribution in [2.75, 3.05) is 20.3 Å². The average molecular weight is 359 g/mol. The SMILES string of the molecule is CCOC(=O)C1C(c2ccc(OC)cc2)=NCC1c1ccc(F)c(F)c1. The van der Waals surface area contributed by atoms with Crippen LogP contribution in [0.25, 0.3) is 0 Å². The third-order valence-electron chi connectivity index (χ3n) is 4.45. The number of hydrogen-bond acceptors (Lipinski definition) is 4. The molecule has 3 rings (SSSR count). The number of methoxy groups -OCH3 is 1. The van der Waals surface area contributed by atoms with Crippen LogP contribution in [0.3, 0.4) is 0 Å². The molecular formula is C20H19F2NO3. The molecule has 0 aliphatic carbocycles. The third kappa shape index (κ3) is 3.45. The normalized spacial score (nSPS) is 19.2. The van der Waals surface area contributed by atoms with Crippen LogP contribution >= 0.6 is 0 Å². The molecule has 0 saturated carbocycles. The predicted molar refractivity (Wildman–Crippen MR) is 93.6 cm³/mol. The summed E-state index contributed by atoms with van der Waals surface area (Å²) in [5.41, 5.74) is 1.88. The molecule has 0 spiro atoms. The Morgan fingerprint density at radius 1 is 1.15 bits per heavy atom. The van der Waals surface area contributed by atoms with Crippen LogP contribution in [0, 0.1) is 17.6 Å². The summed E-state index contributed by atoms with van der Waals surface area (Å²) in [6.07, 6.45) is 0. The maximum absolute atomic E-state index is 13.7. The Hall–Kier alpha value is -2.76. The van der Waals surface area contributed by atoms with Gasteiger partial charge in [0.2, 0.25) is 0 Å². The summed E-state index contributed by atoms with van der Waals surface area (Å²) in [4.78, 5) is 17.1. The van der Waals surface area contributed by atoms with E-state index in [9.17, 15) is 13.6 Å². The zero-order valence-electron chi connectivity index (χ0n) is 14.5. The molecule has 26 heavy (non-hydrogen) atoms. The molecule has 0 bridgehead atoms. The highest BCUT2D eigenvalue weighted by molar-refractivity contribution is 6.13. The monoisotopic (exact) mass is 359 g/mol. The molecule has 0 N–H and O–H groups in total. The Morgan fingerprint density at radius 3 is 2.50 bits per heavy atom. The van der Waals surface area contributed by atoms with E-state index in [0.29, 0.717) is 23.6 Å². The fraction of sp³-hybridized carbons (Fsp3) is 0.300. The highest BCUT2D eigenvalue weighted by atomic mass is 19.2. The first-order chi connectivity index (χ1) is 12.5. The second-order valence-electron chi connectivity index (χ2n) is 5.96. The van der Waals surface area contributed by atoms with Gasteiger partial charge in [-0.1, -0.05) is 6.07 Å². The summed E-state index contributed by atoms with van der Waals surface area (Å²) >= 11 is 0. The number of benzene rings is 2. The zero-order chi connectivity index (χ0) is 18.7. The van der Waals surface area contributed by atoms with E-state index in [4.69, 9.17) is 9.47 Å². The Bertz CT molecular complexity index is 833. The number of nitrogens with zero attached hydrogens (tertiary/aromatic N) is 1. The van der Waals surface area contributed by atoms with Gasteiger partial charge in [0.15, 0.2) is 11.6 Å². The lowest BCUT2D eigenvalue weighted by atomic mass is 9.83. The smallest absolute Gasteiger partial charge is 0.315 e. The van der Waals surface area contributed by atoms with Crippen LogP contribution in [-0.4, -0.2) is 31.9 Å². The topological polar surface area (TPSA) is 47.9 Å². The first-order valence-electron chi connectivity index (χ1n) is 8.35. The van der Waals surface area contributed by atoms with E-state index in [2.05, 4.69) is 4.99 Å². The molecule has 0 amide bonds. The van der Waals surface area contributed by atoms with E-state index in [-0.39, 0.29) is 6.61 Å². The van der Waals surface area contributed by atoms with Crippen molar-refractivity contribution >= 4 is 11.7 Å². The summed E-state index contributed by atoms with van der Waals surface area (Å²) in [5, 5.41) is 0. The quantitative estimate of drug-likeness (QED) is 0.764. The number of ether oxygens (including phenoxy) is 2. The molecule has 1 aliphatic rings. The standard InChI is InChI=1S/C20H19F2NO3/c1-3-26-20(24)18-15(13-6-9-16(21)17(22)10-13)11-23-19(18)12-4-7-14(25-2)8-5-12/h4-10,15,18H,3,11H2,1-2H3. The summed E-state index contributed by atoms with van der Waals surface area (Å²) in [7, 11) is 1.57. The molecule has 0 fully saturated rings. The predicted octanol–water partition coefficient (Wildman–Crippen LogP) is 3.74. The van der Waals surface area contributed by atoms with Gasteiger partial charge < -0.3 is 9.47 Å². The number of rotatable bonds is 5. The van der Waals surface area contributed by atoms with Gasteiger partial charge in [-0.2, -0.15) is 0 Å². The molecule has 4 nitrogen and oxygen atoms in total. The molecule has 6 heteroatoms. The average Bonchev–Trinajstić information content (AvgIpc) is 3.09. The first-order valence-corrected chi connectivity index (χ1v) is 8.35. The highest BCUT2D eigenvalue weighted by Gasteiger charge is 2.40. The first kappa shape index (κ1) is 18.0. The summed E-state index contributed by atoms with van der Waals surface area (Å²) in [5.74, 6) is -2.67. The molecule has 0 radical (unpaired) electrons. The molecule has 2 atom stereocenters. The lowest BCUT2D eigenvalue weighted by Crippen LogP contribution is -2.29. The molecule has 1 aliphatic heterocycles. The Kier molecular flexibility index (Phi) is 5.30. The van der Waals surface area contributed by atoms with Crippen LogP contribution in [0.1, 0.15) is 24.0 Å². The van der Waals surface area contributed by atoms with Crippen LogP contribution in [-0.2, 0) is 9.53 Å². The number of esters is 1. The third-order valence-corrected chi connectivity index (χ3v) is 4.45. The van der Waals surface area contributed by atoms with Crippen molar-refractivity contribution in [3.63, 3.8) is 0 Å². The lowest BCUT2D eigenvalue weighted by Gasteiger charge is -2.20. The summed E-state index contributed by atoms with van der Waals surface area (Å²) in [6.45, 7) is 2.26. The lowest BCUT2D eigenvalue weighted by molar-refractivity contribution is -0.145. The van der Waals surface area contributed by atoms with Crippen LogP contribution in [0.2, 0.25) is 0 Å². The fourth-order valence-electron chi connectivity index (χ4n) is 3.17. The Labute approximate surface area is 150 Å². The van der Waals surface area contributed by atoms with Crippen molar-refractivity contribution in [1.29, 1.82) is 0 Å². The van der Waals surface area contributed by atoms with E-state index < -0.39 is 29.4 Å². The Balaban J connectivity index is 1.96. The van der Waals surface area contributed by atoms with Crippen molar-refractivity contribution in [3.8, 4) is 5.75 Å². The number of carbonyl (C=O) groups is 1. The van der Waals surface area contributed by atoms with Crippen LogP contribution < -0.4 is 4.74 Å². The van der Waals surface area contributed by atoms with Gasteiger partial charge in [0.1, 0.15) is 11.7 Å². The van der Waals surface area contributed by atoms with E-state index in [1.165, 1.54) is 6.07 Å². The number of hydrogen-bond donors (Lipinski definition) is 0. The number of aliphatic imine (C=N–C) groups is 1. The summed E-state index contributed by atoms with van der Waals surface area (Å²) in [6, 6.07) is 10.9. The van der Waals surface area contributed by atoms with Crippen molar-refractivity contribution in [1.82, 2.24) is 0 Å². The highest BCUT2D eigenvalue weighted by Crippen LogP contribution is 2.35. The molecule has 2 aromatic carbocycles. The van der Waals surface area contributed by atoms with Crippen LogP contribution in [0.15, 0.2) is 47.5 Å². The fourth-order valence-corrected chi connectivity index (χ4v) is 3.17. The molecular weight excluding hydrogens is 340 g/mol. The zero-order valence-corrected chi connectivity index (χ0v) is 14.5. The molecule has 2 aromatic rings. The van der Waals surface area contributed by atoms with Gasteiger partial charge in [0.05, 0.1) is 19.4 Å². The number of halogens is 2. The maximum Gasteiger partial charge on any atom is 0.315 e. The van der Waals surface area contributed by atoms with Gasteiger partial charge >= 0.3 is 5.97 Å². The van der Waals surface area contributed by atoms with E-state index >= 15 is 0 Å². The van der Waals surface area contributed by atoms with E-state index in [1.807, 2.05) is 12.1 Å². The molecule has 0 aromatic heterocycles. The van der Waals surface area contributed by atoms with Gasteiger partial charge in [-0.25, -0.2) is 8.78 Å². The second-order valence-corrected chi connectivity index (χ2v) is 5.96. The second kappa shape index (κ2) is 7.64. The van der Waals surface area contributed by atoms with E-state index in [0.717, 1.165) is 17.7 Å².